The lowest BCUT2D eigenvalue weighted by Crippen LogP contribution is -2.23. The second-order valence-electron chi connectivity index (χ2n) is 5.59. The van der Waals surface area contributed by atoms with Gasteiger partial charge in [-0.15, -0.1) is 19.7 Å². The van der Waals surface area contributed by atoms with Gasteiger partial charge in [-0.2, -0.15) is 0 Å². The fraction of sp³-hybridized carbons (Fsp3) is 0.733. The van der Waals surface area contributed by atoms with Gasteiger partial charge in [0, 0.05) is 12.6 Å². The van der Waals surface area contributed by atoms with Gasteiger partial charge in [0.15, 0.2) is 0 Å². The second kappa shape index (κ2) is 6.90. The van der Waals surface area contributed by atoms with E-state index in [1.165, 1.54) is 37.8 Å². The predicted octanol–water partition coefficient (Wildman–Crippen LogP) is 4.27. The summed E-state index contributed by atoms with van der Waals surface area (Å²) in [4.78, 5) is 2.49. The molecular formula is C15H29N. The maximum Gasteiger partial charge on any atom is 0.00697 e. The van der Waals surface area contributed by atoms with E-state index in [1.54, 1.807) is 0 Å². The molecule has 16 heavy (non-hydrogen) atoms. The van der Waals surface area contributed by atoms with Crippen LogP contribution in [0.5, 0.6) is 0 Å². The van der Waals surface area contributed by atoms with Crippen LogP contribution in [-0.2, 0) is 0 Å². The van der Waals surface area contributed by atoms with Gasteiger partial charge in [-0.3, -0.25) is 0 Å². The second-order valence-corrected chi connectivity index (χ2v) is 5.59. The van der Waals surface area contributed by atoms with E-state index in [4.69, 9.17) is 0 Å². The standard InChI is InChI=1S/C13H25N.C2H4/c1-11(2)7-6-8-13(4)9-12(3)14(5)10-13;1-2/h12H,1,6-10H2,2-5H3;1-2H2. The van der Waals surface area contributed by atoms with E-state index in [-0.39, 0.29) is 0 Å². The predicted molar refractivity (Wildman–Crippen MR) is 74.7 cm³/mol. The van der Waals surface area contributed by atoms with Gasteiger partial charge in [-0.1, -0.05) is 12.5 Å². The SMILES string of the molecule is C=C.C=C(C)CCCC1(C)CC(C)N(C)C1. The third kappa shape index (κ3) is 4.98. The highest BCUT2D eigenvalue weighted by atomic mass is 15.2. The average molecular weight is 223 g/mol. The van der Waals surface area contributed by atoms with E-state index in [9.17, 15) is 0 Å². The van der Waals surface area contributed by atoms with Gasteiger partial charge >= 0.3 is 0 Å². The summed E-state index contributed by atoms with van der Waals surface area (Å²) in [6, 6.07) is 0.768. The van der Waals surface area contributed by atoms with Crippen molar-refractivity contribution < 1.29 is 0 Å². The van der Waals surface area contributed by atoms with Crippen LogP contribution >= 0.6 is 0 Å². The summed E-state index contributed by atoms with van der Waals surface area (Å²) < 4.78 is 0. The summed E-state index contributed by atoms with van der Waals surface area (Å²) in [7, 11) is 2.24. The molecule has 1 nitrogen and oxygen atoms in total. The van der Waals surface area contributed by atoms with Crippen LogP contribution < -0.4 is 0 Å². The number of hydrogen-bond acceptors (Lipinski definition) is 1. The summed E-state index contributed by atoms with van der Waals surface area (Å²) in [5.74, 6) is 0. The number of allylic oxidation sites excluding steroid dienone is 1. The Morgan fingerprint density at radius 2 is 2.00 bits per heavy atom. The van der Waals surface area contributed by atoms with Crippen LogP contribution in [0.25, 0.3) is 0 Å². The fourth-order valence-electron chi connectivity index (χ4n) is 2.69. The molecule has 1 rings (SSSR count). The summed E-state index contributed by atoms with van der Waals surface area (Å²) in [6.07, 6.45) is 5.23. The van der Waals surface area contributed by atoms with E-state index in [2.05, 4.69) is 52.5 Å². The van der Waals surface area contributed by atoms with E-state index >= 15 is 0 Å². The molecule has 0 N–H and O–H groups in total. The number of hydrogen-bond donors (Lipinski definition) is 0. The molecule has 0 aromatic carbocycles. The molecular weight excluding hydrogens is 194 g/mol. The Kier molecular flexibility index (Phi) is 6.66. The van der Waals surface area contributed by atoms with Gasteiger partial charge < -0.3 is 4.90 Å². The highest BCUT2D eigenvalue weighted by Gasteiger charge is 2.35. The van der Waals surface area contributed by atoms with Gasteiger partial charge in [-0.25, -0.2) is 0 Å². The molecule has 1 aliphatic heterocycles. The first-order valence-corrected chi connectivity index (χ1v) is 6.28. The molecule has 94 valence electrons. The van der Waals surface area contributed by atoms with Crippen molar-refractivity contribution >= 4 is 0 Å². The molecule has 1 heterocycles. The lowest BCUT2D eigenvalue weighted by atomic mass is 9.82. The zero-order valence-electron chi connectivity index (χ0n) is 11.7. The van der Waals surface area contributed by atoms with Crippen molar-refractivity contribution in [3.63, 3.8) is 0 Å². The third-order valence-electron chi connectivity index (χ3n) is 3.56. The molecule has 0 saturated carbocycles. The topological polar surface area (TPSA) is 3.24 Å². The van der Waals surface area contributed by atoms with E-state index in [1.807, 2.05) is 0 Å². The summed E-state index contributed by atoms with van der Waals surface area (Å²) in [5.41, 5.74) is 1.89. The summed E-state index contributed by atoms with van der Waals surface area (Å²) in [6.45, 7) is 18.1. The smallest absolute Gasteiger partial charge is 0.00697 e. The van der Waals surface area contributed by atoms with Crippen LogP contribution in [0.2, 0.25) is 0 Å². The molecule has 0 aromatic rings. The minimum absolute atomic E-state index is 0.559. The Labute approximate surface area is 102 Å². The first kappa shape index (κ1) is 15.4. The monoisotopic (exact) mass is 223 g/mol. The lowest BCUT2D eigenvalue weighted by Gasteiger charge is -2.23. The Bertz CT molecular complexity index is 209. The normalized spacial score (nSPS) is 29.6. The van der Waals surface area contributed by atoms with Gasteiger partial charge in [0.25, 0.3) is 0 Å². The molecule has 1 saturated heterocycles. The highest BCUT2D eigenvalue weighted by molar-refractivity contribution is 4.92. The maximum absolute atomic E-state index is 3.96. The number of rotatable bonds is 4. The average Bonchev–Trinajstić information content (AvgIpc) is 2.43. The van der Waals surface area contributed by atoms with Crippen molar-refractivity contribution in [1.29, 1.82) is 0 Å². The van der Waals surface area contributed by atoms with Crippen LogP contribution in [0, 0.1) is 5.41 Å². The molecule has 1 fully saturated rings. The van der Waals surface area contributed by atoms with Crippen molar-refractivity contribution in [3.05, 3.63) is 25.3 Å². The van der Waals surface area contributed by atoms with Crippen molar-refractivity contribution in [1.82, 2.24) is 4.90 Å². The van der Waals surface area contributed by atoms with Gasteiger partial charge in [0.05, 0.1) is 0 Å². The van der Waals surface area contributed by atoms with E-state index in [0.717, 1.165) is 6.04 Å². The van der Waals surface area contributed by atoms with Crippen LogP contribution in [0.3, 0.4) is 0 Å². The Hall–Kier alpha value is -0.560. The van der Waals surface area contributed by atoms with Gasteiger partial charge in [-0.05, 0) is 52.0 Å². The van der Waals surface area contributed by atoms with Gasteiger partial charge in [0.2, 0.25) is 0 Å². The van der Waals surface area contributed by atoms with Crippen molar-refractivity contribution in [2.75, 3.05) is 13.6 Å². The molecule has 0 radical (unpaired) electrons. The number of likely N-dealkylation sites (tertiary alicyclic amines) is 1. The molecule has 1 heteroatoms. The minimum Gasteiger partial charge on any atom is -0.303 e. The lowest BCUT2D eigenvalue weighted by molar-refractivity contribution is 0.276. The zero-order chi connectivity index (χ0) is 12.8. The minimum atomic E-state index is 0.559. The third-order valence-corrected chi connectivity index (χ3v) is 3.56. The molecule has 0 bridgehead atoms. The molecule has 0 amide bonds. The largest absolute Gasteiger partial charge is 0.303 e. The van der Waals surface area contributed by atoms with Crippen molar-refractivity contribution in [2.24, 2.45) is 5.41 Å². The van der Waals surface area contributed by atoms with Crippen LogP contribution in [0.1, 0.15) is 46.5 Å². The summed E-state index contributed by atoms with van der Waals surface area (Å²) in [5, 5.41) is 0. The maximum atomic E-state index is 3.96. The van der Waals surface area contributed by atoms with Crippen molar-refractivity contribution in [2.45, 2.75) is 52.5 Å². The molecule has 1 aliphatic rings. The zero-order valence-corrected chi connectivity index (χ0v) is 11.7. The Morgan fingerprint density at radius 3 is 2.38 bits per heavy atom. The van der Waals surface area contributed by atoms with Gasteiger partial charge in [0.1, 0.15) is 0 Å². The van der Waals surface area contributed by atoms with Crippen LogP contribution in [0.4, 0.5) is 0 Å². The quantitative estimate of drug-likeness (QED) is 0.644. The van der Waals surface area contributed by atoms with Crippen LogP contribution in [-0.4, -0.2) is 24.5 Å². The fourth-order valence-corrected chi connectivity index (χ4v) is 2.69. The van der Waals surface area contributed by atoms with Crippen LogP contribution in [0.15, 0.2) is 25.3 Å². The highest BCUT2D eigenvalue weighted by Crippen LogP contribution is 2.37. The molecule has 0 aromatic heterocycles. The Morgan fingerprint density at radius 1 is 1.44 bits per heavy atom. The molecule has 0 aliphatic carbocycles. The van der Waals surface area contributed by atoms with E-state index in [0.29, 0.717) is 5.41 Å². The van der Waals surface area contributed by atoms with E-state index < -0.39 is 0 Å². The first-order chi connectivity index (χ1) is 7.43. The molecule has 2 unspecified atom stereocenters. The molecule has 2 atom stereocenters. The molecule has 0 spiro atoms. The number of nitrogens with zero attached hydrogens (tertiary/aromatic N) is 1. The Balaban J connectivity index is 0.00000106. The van der Waals surface area contributed by atoms with Crippen molar-refractivity contribution in [3.8, 4) is 0 Å². The first-order valence-electron chi connectivity index (χ1n) is 6.28. The summed E-state index contributed by atoms with van der Waals surface area (Å²) >= 11 is 0.